The van der Waals surface area contributed by atoms with E-state index in [-0.39, 0.29) is 0 Å². The smallest absolute Gasteiger partial charge is 0.0355 e. The van der Waals surface area contributed by atoms with Gasteiger partial charge < -0.3 is 0 Å². The van der Waals surface area contributed by atoms with Gasteiger partial charge in [-0.1, -0.05) is 140 Å². The van der Waals surface area contributed by atoms with Crippen LogP contribution in [0.5, 0.6) is 0 Å². The monoisotopic (exact) mass is 612 g/mol. The van der Waals surface area contributed by atoms with Crippen molar-refractivity contribution in [2.45, 2.75) is 0 Å². The molecule has 1 heteroatoms. The zero-order valence-electron chi connectivity index (χ0n) is 25.6. The Hall–Kier alpha value is -5.76. The summed E-state index contributed by atoms with van der Waals surface area (Å²) in [5.74, 6) is 0. The summed E-state index contributed by atoms with van der Waals surface area (Å²) >= 11 is 1.87. The Morgan fingerprint density at radius 1 is 0.255 bits per heavy atom. The Labute approximate surface area is 276 Å². The van der Waals surface area contributed by atoms with Crippen molar-refractivity contribution in [3.8, 4) is 33.4 Å². The predicted octanol–water partition coefficient (Wildman–Crippen LogP) is 13.7. The van der Waals surface area contributed by atoms with Crippen LogP contribution in [0.25, 0.3) is 96.6 Å². The maximum Gasteiger partial charge on any atom is 0.0355 e. The summed E-state index contributed by atoms with van der Waals surface area (Å²) < 4.78 is 2.67. The van der Waals surface area contributed by atoms with Crippen LogP contribution in [0, 0.1) is 0 Å². The normalized spacial score (nSPS) is 11.8. The number of fused-ring (bicyclic) bond motifs is 8. The van der Waals surface area contributed by atoms with Crippen LogP contribution in [-0.4, -0.2) is 0 Å². The SMILES string of the molecule is c1cc(-c2ccc3sc4ccccc4c3c2)cc(-c2c3ccccc3c(-c3ccc4c(ccc5ccccc54)c3)c3ccccc23)c1. The molecule has 10 aromatic rings. The molecule has 0 atom stereocenters. The third kappa shape index (κ3) is 4.14. The molecule has 0 saturated heterocycles. The molecule has 1 heterocycles. The average molecular weight is 613 g/mol. The van der Waals surface area contributed by atoms with E-state index in [0.717, 1.165) is 0 Å². The van der Waals surface area contributed by atoms with Crippen molar-refractivity contribution in [2.24, 2.45) is 0 Å². The molecule has 218 valence electrons. The number of thiophene rings is 1. The molecule has 0 saturated carbocycles. The van der Waals surface area contributed by atoms with Gasteiger partial charge >= 0.3 is 0 Å². The molecule has 10 rings (SSSR count). The first-order chi connectivity index (χ1) is 23.3. The average Bonchev–Trinajstić information content (AvgIpc) is 3.51. The first-order valence-corrected chi connectivity index (χ1v) is 17.0. The second-order valence-electron chi connectivity index (χ2n) is 12.5. The van der Waals surface area contributed by atoms with Gasteiger partial charge in [0.25, 0.3) is 0 Å². The molecule has 0 bridgehead atoms. The molecule has 0 N–H and O–H groups in total. The molecule has 9 aromatic carbocycles. The van der Waals surface area contributed by atoms with Gasteiger partial charge in [-0.25, -0.2) is 0 Å². The number of hydrogen-bond acceptors (Lipinski definition) is 1. The Balaban J connectivity index is 1.19. The quantitative estimate of drug-likeness (QED) is 0.138. The Morgan fingerprint density at radius 2 is 0.766 bits per heavy atom. The first-order valence-electron chi connectivity index (χ1n) is 16.2. The van der Waals surface area contributed by atoms with Gasteiger partial charge in [0.2, 0.25) is 0 Å². The molecule has 0 nitrogen and oxygen atoms in total. The van der Waals surface area contributed by atoms with Crippen LogP contribution in [-0.2, 0) is 0 Å². The highest BCUT2D eigenvalue weighted by Crippen LogP contribution is 2.45. The third-order valence-corrected chi connectivity index (χ3v) is 11.0. The van der Waals surface area contributed by atoms with Gasteiger partial charge in [-0.15, -0.1) is 11.3 Å². The van der Waals surface area contributed by atoms with Crippen LogP contribution in [0.2, 0.25) is 0 Å². The van der Waals surface area contributed by atoms with Crippen molar-refractivity contribution in [3.05, 3.63) is 170 Å². The van der Waals surface area contributed by atoms with Gasteiger partial charge in [0.05, 0.1) is 0 Å². The highest BCUT2D eigenvalue weighted by atomic mass is 32.1. The summed E-state index contributed by atoms with van der Waals surface area (Å²) in [6, 6.07) is 62.8. The minimum atomic E-state index is 1.23. The Morgan fingerprint density at radius 3 is 1.51 bits per heavy atom. The highest BCUT2D eigenvalue weighted by molar-refractivity contribution is 7.25. The number of rotatable bonds is 3. The van der Waals surface area contributed by atoms with Crippen molar-refractivity contribution < 1.29 is 0 Å². The van der Waals surface area contributed by atoms with Gasteiger partial charge in [-0.3, -0.25) is 0 Å². The lowest BCUT2D eigenvalue weighted by Crippen LogP contribution is -1.91. The van der Waals surface area contributed by atoms with E-state index in [0.29, 0.717) is 0 Å². The van der Waals surface area contributed by atoms with E-state index >= 15 is 0 Å². The number of hydrogen-bond donors (Lipinski definition) is 0. The second kappa shape index (κ2) is 10.4. The summed E-state index contributed by atoms with van der Waals surface area (Å²) in [5, 5.41) is 12.9. The Bertz CT molecular complexity index is 2800. The molecule has 0 aliphatic heterocycles. The second-order valence-corrected chi connectivity index (χ2v) is 13.5. The van der Waals surface area contributed by atoms with Crippen molar-refractivity contribution in [3.63, 3.8) is 0 Å². The predicted molar refractivity (Wildman–Crippen MR) is 206 cm³/mol. The molecule has 0 spiro atoms. The molecular weight excluding hydrogens is 585 g/mol. The maximum atomic E-state index is 2.38. The van der Waals surface area contributed by atoms with E-state index in [9.17, 15) is 0 Å². The van der Waals surface area contributed by atoms with Crippen LogP contribution >= 0.6 is 11.3 Å². The van der Waals surface area contributed by atoms with Gasteiger partial charge in [0.1, 0.15) is 0 Å². The summed E-state index contributed by atoms with van der Waals surface area (Å²) in [5.41, 5.74) is 7.55. The van der Waals surface area contributed by atoms with E-state index in [1.54, 1.807) is 0 Å². The Kier molecular flexibility index (Phi) is 5.85. The summed E-state index contributed by atoms with van der Waals surface area (Å²) in [7, 11) is 0. The molecular formula is C46H28S. The van der Waals surface area contributed by atoms with Gasteiger partial charge in [0, 0.05) is 20.2 Å². The van der Waals surface area contributed by atoms with Crippen molar-refractivity contribution >= 4 is 74.6 Å². The summed E-state index contributed by atoms with van der Waals surface area (Å²) in [4.78, 5) is 0. The standard InChI is InChI=1S/C46H28S/c1-2-13-35-29(10-1)20-21-32-27-34(22-24-36(32)35)46-40-17-5-3-15-38(40)45(39-16-4-6-18-41(39)46)33-12-9-11-30(26-33)31-23-25-44-42(28-31)37-14-7-8-19-43(37)47-44/h1-28H. The summed E-state index contributed by atoms with van der Waals surface area (Å²) in [6.45, 7) is 0. The van der Waals surface area contributed by atoms with Gasteiger partial charge in [-0.05, 0) is 107 Å². The van der Waals surface area contributed by atoms with Crippen LogP contribution in [0.15, 0.2) is 170 Å². The van der Waals surface area contributed by atoms with Crippen LogP contribution in [0.3, 0.4) is 0 Å². The van der Waals surface area contributed by atoms with Crippen molar-refractivity contribution in [1.82, 2.24) is 0 Å². The lowest BCUT2D eigenvalue weighted by atomic mass is 9.85. The highest BCUT2D eigenvalue weighted by Gasteiger charge is 2.17. The maximum absolute atomic E-state index is 2.38. The van der Waals surface area contributed by atoms with Gasteiger partial charge in [-0.2, -0.15) is 0 Å². The number of benzene rings is 9. The fourth-order valence-electron chi connectivity index (χ4n) is 7.68. The van der Waals surface area contributed by atoms with Crippen LogP contribution < -0.4 is 0 Å². The van der Waals surface area contributed by atoms with E-state index in [4.69, 9.17) is 0 Å². The largest absolute Gasteiger partial charge is 0.135 e. The lowest BCUT2D eigenvalue weighted by molar-refractivity contribution is 1.63. The molecule has 1 aromatic heterocycles. The minimum absolute atomic E-state index is 1.23. The fraction of sp³-hybridized carbons (Fsp3) is 0. The van der Waals surface area contributed by atoms with Crippen molar-refractivity contribution in [1.29, 1.82) is 0 Å². The molecule has 0 unspecified atom stereocenters. The third-order valence-electron chi connectivity index (χ3n) is 9.83. The molecule has 0 amide bonds. The molecule has 0 radical (unpaired) electrons. The van der Waals surface area contributed by atoms with Crippen molar-refractivity contribution in [2.75, 3.05) is 0 Å². The lowest BCUT2D eigenvalue weighted by Gasteiger charge is -2.18. The molecule has 47 heavy (non-hydrogen) atoms. The topological polar surface area (TPSA) is 0 Å². The zero-order chi connectivity index (χ0) is 30.9. The first kappa shape index (κ1) is 26.5. The minimum Gasteiger partial charge on any atom is -0.135 e. The van der Waals surface area contributed by atoms with E-state index in [2.05, 4.69) is 170 Å². The van der Waals surface area contributed by atoms with E-state index in [1.807, 2.05) is 11.3 Å². The van der Waals surface area contributed by atoms with Crippen LogP contribution in [0.1, 0.15) is 0 Å². The molecule has 0 aliphatic rings. The van der Waals surface area contributed by atoms with E-state index < -0.39 is 0 Å². The fourth-order valence-corrected chi connectivity index (χ4v) is 8.77. The molecule has 0 aliphatic carbocycles. The van der Waals surface area contributed by atoms with Crippen LogP contribution in [0.4, 0.5) is 0 Å². The van der Waals surface area contributed by atoms with Gasteiger partial charge in [0.15, 0.2) is 0 Å². The van der Waals surface area contributed by atoms with E-state index in [1.165, 1.54) is 96.6 Å². The zero-order valence-corrected chi connectivity index (χ0v) is 26.4. The summed E-state index contributed by atoms with van der Waals surface area (Å²) in [6.07, 6.45) is 0. The molecule has 0 fully saturated rings.